The van der Waals surface area contributed by atoms with Gasteiger partial charge in [0.2, 0.25) is 0 Å². The van der Waals surface area contributed by atoms with Crippen molar-refractivity contribution in [1.82, 2.24) is 19.9 Å². The number of rotatable bonds is 6. The first-order chi connectivity index (χ1) is 11.7. The number of benzene rings is 1. The molecule has 0 saturated carbocycles. The zero-order chi connectivity index (χ0) is 16.8. The quantitative estimate of drug-likeness (QED) is 0.699. The second-order valence-corrected chi connectivity index (χ2v) is 5.37. The smallest absolute Gasteiger partial charge is 0.252 e. The molecule has 7 heteroatoms. The number of halogens is 1. The summed E-state index contributed by atoms with van der Waals surface area (Å²) < 4.78 is 7.28. The highest BCUT2D eigenvalue weighted by Gasteiger charge is 2.06. The van der Waals surface area contributed by atoms with Gasteiger partial charge in [0.05, 0.1) is 12.1 Å². The van der Waals surface area contributed by atoms with E-state index in [-0.39, 0.29) is 5.91 Å². The van der Waals surface area contributed by atoms with Crippen LogP contribution in [0.2, 0.25) is 5.02 Å². The van der Waals surface area contributed by atoms with Crippen LogP contribution < -0.4 is 10.1 Å². The standard InChI is InChI=1S/C17H15ClN4O2/c18-14-2-4-15(5-3-14)24-10-8-20-17(23)13-1-6-16(21-11-13)22-9-7-19-12-22/h1-7,9,11-12H,8,10H2,(H,20,23). The highest BCUT2D eigenvalue weighted by atomic mass is 35.5. The van der Waals surface area contributed by atoms with Gasteiger partial charge in [-0.1, -0.05) is 11.6 Å². The molecule has 122 valence electrons. The number of carbonyl (C=O) groups is 1. The van der Waals surface area contributed by atoms with Crippen LogP contribution in [0.3, 0.4) is 0 Å². The fourth-order valence-electron chi connectivity index (χ4n) is 2.03. The van der Waals surface area contributed by atoms with E-state index in [1.54, 1.807) is 59.7 Å². The molecule has 0 spiro atoms. The summed E-state index contributed by atoms with van der Waals surface area (Å²) in [4.78, 5) is 20.3. The molecule has 1 amide bonds. The number of amides is 1. The van der Waals surface area contributed by atoms with Gasteiger partial charge in [-0.15, -0.1) is 0 Å². The molecule has 24 heavy (non-hydrogen) atoms. The highest BCUT2D eigenvalue weighted by Crippen LogP contribution is 2.15. The molecule has 2 aromatic heterocycles. The van der Waals surface area contributed by atoms with Crippen LogP contribution in [0.5, 0.6) is 5.75 Å². The first-order valence-corrected chi connectivity index (χ1v) is 7.71. The number of carbonyl (C=O) groups excluding carboxylic acids is 1. The van der Waals surface area contributed by atoms with Crippen molar-refractivity contribution in [2.75, 3.05) is 13.2 Å². The molecule has 0 aliphatic carbocycles. The Hall–Kier alpha value is -2.86. The second-order valence-electron chi connectivity index (χ2n) is 4.93. The Morgan fingerprint density at radius 3 is 2.71 bits per heavy atom. The van der Waals surface area contributed by atoms with E-state index in [1.165, 1.54) is 6.20 Å². The molecular weight excluding hydrogens is 328 g/mol. The maximum Gasteiger partial charge on any atom is 0.252 e. The van der Waals surface area contributed by atoms with Gasteiger partial charge in [-0.2, -0.15) is 0 Å². The van der Waals surface area contributed by atoms with Crippen molar-refractivity contribution in [3.63, 3.8) is 0 Å². The normalized spacial score (nSPS) is 10.4. The molecule has 1 N–H and O–H groups in total. The Labute approximate surface area is 144 Å². The molecule has 0 radical (unpaired) electrons. The van der Waals surface area contributed by atoms with Gasteiger partial charge < -0.3 is 10.1 Å². The molecule has 0 atom stereocenters. The lowest BCUT2D eigenvalue weighted by Crippen LogP contribution is -2.28. The lowest BCUT2D eigenvalue weighted by atomic mass is 10.2. The molecule has 0 bridgehead atoms. The summed E-state index contributed by atoms with van der Waals surface area (Å²) in [5.41, 5.74) is 0.491. The Bertz CT molecular complexity index is 786. The summed E-state index contributed by atoms with van der Waals surface area (Å²) in [7, 11) is 0. The van der Waals surface area contributed by atoms with Crippen LogP contribution in [0.1, 0.15) is 10.4 Å². The van der Waals surface area contributed by atoms with Gasteiger partial charge in [0, 0.05) is 23.6 Å². The number of aromatic nitrogens is 3. The van der Waals surface area contributed by atoms with E-state index in [2.05, 4.69) is 15.3 Å². The first-order valence-electron chi connectivity index (χ1n) is 7.33. The van der Waals surface area contributed by atoms with Crippen LogP contribution in [-0.2, 0) is 0 Å². The minimum atomic E-state index is -0.195. The zero-order valence-electron chi connectivity index (χ0n) is 12.7. The topological polar surface area (TPSA) is 69.0 Å². The van der Waals surface area contributed by atoms with Crippen molar-refractivity contribution in [3.8, 4) is 11.6 Å². The van der Waals surface area contributed by atoms with Crippen LogP contribution in [-0.4, -0.2) is 33.6 Å². The van der Waals surface area contributed by atoms with E-state index in [9.17, 15) is 4.79 Å². The molecule has 1 aromatic carbocycles. The van der Waals surface area contributed by atoms with Crippen molar-refractivity contribution in [1.29, 1.82) is 0 Å². The van der Waals surface area contributed by atoms with E-state index in [0.717, 1.165) is 0 Å². The summed E-state index contributed by atoms with van der Waals surface area (Å²) >= 11 is 5.80. The molecule has 2 heterocycles. The van der Waals surface area contributed by atoms with E-state index < -0.39 is 0 Å². The lowest BCUT2D eigenvalue weighted by molar-refractivity contribution is 0.0946. The molecule has 6 nitrogen and oxygen atoms in total. The van der Waals surface area contributed by atoms with E-state index in [1.807, 2.05) is 0 Å². The fraction of sp³-hybridized carbons (Fsp3) is 0.118. The maximum atomic E-state index is 12.1. The number of hydrogen-bond acceptors (Lipinski definition) is 4. The Kier molecular flexibility index (Phi) is 5.08. The fourth-order valence-corrected chi connectivity index (χ4v) is 2.16. The van der Waals surface area contributed by atoms with Gasteiger partial charge in [-0.3, -0.25) is 9.36 Å². The largest absolute Gasteiger partial charge is 0.492 e. The van der Waals surface area contributed by atoms with Crippen molar-refractivity contribution >= 4 is 17.5 Å². The van der Waals surface area contributed by atoms with Crippen molar-refractivity contribution < 1.29 is 9.53 Å². The molecule has 0 unspecified atom stereocenters. The number of nitrogens with zero attached hydrogens (tertiary/aromatic N) is 3. The first kappa shape index (κ1) is 16.0. The summed E-state index contributed by atoms with van der Waals surface area (Å²) in [5.74, 6) is 1.22. The van der Waals surface area contributed by atoms with Gasteiger partial charge in [0.15, 0.2) is 0 Å². The van der Waals surface area contributed by atoms with Gasteiger partial charge in [-0.05, 0) is 36.4 Å². The average molecular weight is 343 g/mol. The Morgan fingerprint density at radius 1 is 1.21 bits per heavy atom. The van der Waals surface area contributed by atoms with E-state index in [4.69, 9.17) is 16.3 Å². The Balaban J connectivity index is 1.47. The summed E-state index contributed by atoms with van der Waals surface area (Å²) in [6, 6.07) is 10.6. The third-order valence-electron chi connectivity index (χ3n) is 3.25. The zero-order valence-corrected chi connectivity index (χ0v) is 13.5. The highest BCUT2D eigenvalue weighted by molar-refractivity contribution is 6.30. The molecule has 3 aromatic rings. The molecule has 3 rings (SSSR count). The van der Waals surface area contributed by atoms with Gasteiger partial charge in [0.25, 0.3) is 5.91 Å². The third kappa shape index (κ3) is 4.11. The maximum absolute atomic E-state index is 12.1. The number of nitrogens with one attached hydrogen (secondary N) is 1. The monoisotopic (exact) mass is 342 g/mol. The molecule has 0 aliphatic rings. The summed E-state index contributed by atoms with van der Waals surface area (Å²) in [6.45, 7) is 0.763. The predicted molar refractivity (Wildman–Crippen MR) is 90.6 cm³/mol. The number of ether oxygens (including phenoxy) is 1. The number of pyridine rings is 1. The molecule has 0 aliphatic heterocycles. The van der Waals surface area contributed by atoms with E-state index >= 15 is 0 Å². The summed E-state index contributed by atoms with van der Waals surface area (Å²) in [5, 5.41) is 3.44. The molecular formula is C17H15ClN4O2. The van der Waals surface area contributed by atoms with Crippen molar-refractivity contribution in [2.24, 2.45) is 0 Å². The van der Waals surface area contributed by atoms with Crippen LogP contribution in [0.4, 0.5) is 0 Å². The Morgan fingerprint density at radius 2 is 2.04 bits per heavy atom. The van der Waals surface area contributed by atoms with Crippen LogP contribution in [0.15, 0.2) is 61.3 Å². The van der Waals surface area contributed by atoms with Crippen LogP contribution >= 0.6 is 11.6 Å². The minimum Gasteiger partial charge on any atom is -0.492 e. The van der Waals surface area contributed by atoms with Gasteiger partial charge in [0.1, 0.15) is 24.5 Å². The SMILES string of the molecule is O=C(NCCOc1ccc(Cl)cc1)c1ccc(-n2ccnc2)nc1. The van der Waals surface area contributed by atoms with Gasteiger partial charge >= 0.3 is 0 Å². The number of hydrogen-bond donors (Lipinski definition) is 1. The lowest BCUT2D eigenvalue weighted by Gasteiger charge is -2.08. The third-order valence-corrected chi connectivity index (χ3v) is 3.50. The second kappa shape index (κ2) is 7.61. The minimum absolute atomic E-state index is 0.195. The van der Waals surface area contributed by atoms with Crippen LogP contribution in [0.25, 0.3) is 5.82 Å². The molecule has 0 fully saturated rings. The summed E-state index contributed by atoms with van der Waals surface area (Å²) in [6.07, 6.45) is 6.64. The van der Waals surface area contributed by atoms with Crippen molar-refractivity contribution in [3.05, 3.63) is 71.9 Å². The predicted octanol–water partition coefficient (Wildman–Crippen LogP) is 2.73. The average Bonchev–Trinajstić information content (AvgIpc) is 3.15. The van der Waals surface area contributed by atoms with E-state index in [0.29, 0.717) is 35.3 Å². The van der Waals surface area contributed by atoms with Crippen molar-refractivity contribution in [2.45, 2.75) is 0 Å². The van der Waals surface area contributed by atoms with Gasteiger partial charge in [-0.25, -0.2) is 9.97 Å². The van der Waals surface area contributed by atoms with Crippen LogP contribution in [0, 0.1) is 0 Å². The molecule has 0 saturated heterocycles. The number of imidazole rings is 1.